The molecule has 0 bridgehead atoms. The molecule has 0 spiro atoms. The topological polar surface area (TPSA) is 0 Å². The van der Waals surface area contributed by atoms with Gasteiger partial charge >= 0.3 is 94.4 Å². The zero-order chi connectivity index (χ0) is 9.61. The van der Waals surface area contributed by atoms with E-state index in [9.17, 15) is 0 Å². The van der Waals surface area contributed by atoms with Crippen molar-refractivity contribution in [3.05, 3.63) is 9.67 Å². The van der Waals surface area contributed by atoms with Crippen molar-refractivity contribution in [2.45, 2.75) is 27.7 Å². The maximum atomic E-state index is 5.68. The fourth-order valence-electron chi connectivity index (χ4n) is 1.13. The van der Waals surface area contributed by atoms with Crippen LogP contribution in [0.15, 0.2) is 9.67 Å². The molecule has 0 radical (unpaired) electrons. The van der Waals surface area contributed by atoms with Gasteiger partial charge in [0.2, 0.25) is 0 Å². The number of halogens is 2. The molecule has 0 saturated heterocycles. The van der Waals surface area contributed by atoms with Crippen LogP contribution < -0.4 is 0 Å². The molecule has 12 heavy (non-hydrogen) atoms. The third-order valence-corrected chi connectivity index (χ3v) is 9.25. The van der Waals surface area contributed by atoms with Gasteiger partial charge in [-0.1, -0.05) is 0 Å². The van der Waals surface area contributed by atoms with Crippen molar-refractivity contribution in [1.82, 2.24) is 0 Å². The van der Waals surface area contributed by atoms with Crippen molar-refractivity contribution >= 4 is 45.9 Å². The standard InChI is InChI=1S/C6H9BrCl.3CH3.Sn/c7-5-3-1-2-4-6-8;;;;/h3H,2,4-6H2;3*1H3;. The Labute approximate surface area is 93.8 Å². The zero-order valence-electron chi connectivity index (χ0n) is 8.16. The van der Waals surface area contributed by atoms with Crippen LogP contribution in [0.4, 0.5) is 0 Å². The van der Waals surface area contributed by atoms with Crippen molar-refractivity contribution in [1.29, 1.82) is 0 Å². The first kappa shape index (κ1) is 13.3. The fourth-order valence-corrected chi connectivity index (χ4v) is 7.20. The molecule has 0 rings (SSSR count). The van der Waals surface area contributed by atoms with Crippen molar-refractivity contribution in [2.24, 2.45) is 0 Å². The van der Waals surface area contributed by atoms with E-state index in [2.05, 4.69) is 36.8 Å². The van der Waals surface area contributed by atoms with Gasteiger partial charge in [0.15, 0.2) is 0 Å². The summed E-state index contributed by atoms with van der Waals surface area (Å²) in [7, 11) is 0. The Morgan fingerprint density at radius 1 is 1.42 bits per heavy atom. The molecule has 0 unspecified atom stereocenters. The van der Waals surface area contributed by atoms with Crippen LogP contribution in [-0.2, 0) is 0 Å². The summed E-state index contributed by atoms with van der Waals surface area (Å²) >= 11 is 7.37. The van der Waals surface area contributed by atoms with Crippen LogP contribution >= 0.6 is 27.5 Å². The zero-order valence-corrected chi connectivity index (χ0v) is 13.4. The van der Waals surface area contributed by atoms with Crippen molar-refractivity contribution in [3.8, 4) is 0 Å². The number of hydrogen-bond acceptors (Lipinski definition) is 0. The number of hydrogen-bond donors (Lipinski definition) is 0. The molecule has 0 aliphatic heterocycles. The number of alkyl halides is 2. The molecule has 0 aliphatic carbocycles. The normalized spacial score (nSPS) is 13.6. The Morgan fingerprint density at radius 3 is 2.33 bits per heavy atom. The first-order valence-electron chi connectivity index (χ1n) is 4.33. The third-order valence-electron chi connectivity index (χ3n) is 1.87. The number of allylic oxidation sites excluding steroid dienone is 2. The van der Waals surface area contributed by atoms with Gasteiger partial charge in [0.1, 0.15) is 0 Å². The van der Waals surface area contributed by atoms with Gasteiger partial charge in [-0.2, -0.15) is 0 Å². The van der Waals surface area contributed by atoms with E-state index in [-0.39, 0.29) is 0 Å². The fraction of sp³-hybridized carbons (Fsp3) is 0.778. The van der Waals surface area contributed by atoms with E-state index in [1.54, 1.807) is 3.59 Å². The summed E-state index contributed by atoms with van der Waals surface area (Å²) in [5, 5.41) is 0.999. The van der Waals surface area contributed by atoms with Gasteiger partial charge < -0.3 is 0 Å². The van der Waals surface area contributed by atoms with Gasteiger partial charge in [-0.15, -0.1) is 0 Å². The summed E-state index contributed by atoms with van der Waals surface area (Å²) < 4.78 is 1.71. The van der Waals surface area contributed by atoms with Gasteiger partial charge in [0, 0.05) is 0 Å². The Bertz CT molecular complexity index is 149. The van der Waals surface area contributed by atoms with Gasteiger partial charge in [0.25, 0.3) is 0 Å². The average molecular weight is 360 g/mol. The summed E-state index contributed by atoms with van der Waals surface area (Å²) in [6.45, 7) is 0. The second-order valence-electron chi connectivity index (χ2n) is 3.93. The van der Waals surface area contributed by atoms with Crippen molar-refractivity contribution in [3.63, 3.8) is 0 Å². The van der Waals surface area contributed by atoms with Crippen LogP contribution in [-0.4, -0.2) is 29.6 Å². The first-order chi connectivity index (χ1) is 5.52. The monoisotopic (exact) mass is 360 g/mol. The molecule has 0 aromatic carbocycles. The molecule has 3 heteroatoms. The molecule has 0 fully saturated rings. The minimum absolute atomic E-state index is 0.793. The molecule has 0 saturated carbocycles. The Balaban J connectivity index is 4.15. The van der Waals surface area contributed by atoms with E-state index >= 15 is 0 Å². The van der Waals surface area contributed by atoms with E-state index < -0.39 is 18.4 Å². The molecule has 0 heterocycles. The maximum absolute atomic E-state index is 5.68. The Morgan fingerprint density at radius 2 is 2.00 bits per heavy atom. The van der Waals surface area contributed by atoms with E-state index in [4.69, 9.17) is 11.6 Å². The van der Waals surface area contributed by atoms with E-state index in [0.29, 0.717) is 0 Å². The van der Waals surface area contributed by atoms with E-state index in [1.165, 1.54) is 6.42 Å². The third kappa shape index (κ3) is 5.87. The molecular weight excluding hydrogens is 342 g/mol. The molecule has 0 amide bonds. The molecule has 0 N–H and O–H groups in total. The quantitative estimate of drug-likeness (QED) is 0.509. The van der Waals surface area contributed by atoms with Crippen LogP contribution in [0, 0.1) is 0 Å². The van der Waals surface area contributed by atoms with Crippen LogP contribution in [0.1, 0.15) is 12.8 Å². The number of rotatable bonds is 5. The molecule has 0 atom stereocenters. The van der Waals surface area contributed by atoms with Crippen LogP contribution in [0.25, 0.3) is 0 Å². The van der Waals surface area contributed by atoms with Gasteiger partial charge in [-0.3, -0.25) is 0 Å². The molecule has 0 aliphatic rings. The average Bonchev–Trinajstić information content (AvgIpc) is 1.95. The first-order valence-corrected chi connectivity index (χ1v) is 16.0. The summed E-state index contributed by atoms with van der Waals surface area (Å²) in [5.41, 5.74) is 0. The Kier molecular flexibility index (Phi) is 7.45. The van der Waals surface area contributed by atoms with Gasteiger partial charge in [-0.05, 0) is 0 Å². The van der Waals surface area contributed by atoms with Crippen LogP contribution in [0.5, 0.6) is 0 Å². The van der Waals surface area contributed by atoms with E-state index in [0.717, 1.165) is 17.6 Å². The molecule has 0 aromatic heterocycles. The van der Waals surface area contributed by atoms with Crippen molar-refractivity contribution in [2.75, 3.05) is 11.2 Å². The summed E-state index contributed by atoms with van der Waals surface area (Å²) in [5.74, 6) is 0.793. The molecule has 0 nitrogen and oxygen atoms in total. The molecular formula is C9H18BrClSn. The van der Waals surface area contributed by atoms with Crippen LogP contribution in [0.2, 0.25) is 14.8 Å². The van der Waals surface area contributed by atoms with E-state index in [1.807, 2.05) is 0 Å². The second-order valence-corrected chi connectivity index (χ2v) is 19.6. The predicted octanol–water partition coefficient (Wildman–Crippen LogP) is 4.20. The second kappa shape index (κ2) is 6.72. The minimum atomic E-state index is -1.77. The van der Waals surface area contributed by atoms with Gasteiger partial charge in [-0.25, -0.2) is 0 Å². The molecule has 72 valence electrons. The SMILES string of the molecule is [CH3][Sn]([CH3])([CH3])/[C](=C\CBr)CCCCl. The Hall–Kier alpha value is 1.31. The van der Waals surface area contributed by atoms with Gasteiger partial charge in [0.05, 0.1) is 0 Å². The summed E-state index contributed by atoms with van der Waals surface area (Å²) in [4.78, 5) is 7.37. The van der Waals surface area contributed by atoms with Crippen LogP contribution in [0.3, 0.4) is 0 Å². The summed E-state index contributed by atoms with van der Waals surface area (Å²) in [6.07, 6.45) is 4.70. The molecule has 0 aromatic rings. The summed E-state index contributed by atoms with van der Waals surface area (Å²) in [6, 6.07) is 0. The van der Waals surface area contributed by atoms with Crippen molar-refractivity contribution < 1.29 is 0 Å². The predicted molar refractivity (Wildman–Crippen MR) is 65.2 cm³/mol.